The van der Waals surface area contributed by atoms with Crippen LogP contribution in [0.1, 0.15) is 76.7 Å². The molecule has 2 heterocycles. The van der Waals surface area contributed by atoms with Gasteiger partial charge in [0, 0.05) is 6.54 Å². The fraction of sp³-hybridized carbons (Fsp3) is 0.607. The first-order chi connectivity index (χ1) is 19.2. The zero-order valence-electron chi connectivity index (χ0n) is 23.9. The largest absolute Gasteiger partial charge is 0.363 e. The van der Waals surface area contributed by atoms with Crippen molar-refractivity contribution in [2.75, 3.05) is 6.54 Å². The maximum Gasteiger partial charge on any atom is 0.316 e. The molecular formula is C28H39BrN6O6. The molecule has 1 aliphatic carbocycles. The van der Waals surface area contributed by atoms with Crippen LogP contribution < -0.4 is 21.7 Å². The molecule has 2 aliphatic rings. The number of Topliss-reactive ketones (excluding diaryl/α,β-unsaturated/α-hetero) is 2. The summed E-state index contributed by atoms with van der Waals surface area (Å²) in [6, 6.07) is 0.416. The smallest absolute Gasteiger partial charge is 0.316 e. The summed E-state index contributed by atoms with van der Waals surface area (Å²) in [7, 11) is 0. The molecule has 5 amide bonds. The molecular weight excluding hydrogens is 596 g/mol. The van der Waals surface area contributed by atoms with Gasteiger partial charge in [0.15, 0.2) is 0 Å². The zero-order chi connectivity index (χ0) is 30.5. The van der Waals surface area contributed by atoms with Crippen molar-refractivity contribution in [3.63, 3.8) is 0 Å². The molecule has 1 saturated carbocycles. The van der Waals surface area contributed by atoms with Gasteiger partial charge in [0.05, 0.1) is 12.1 Å². The van der Waals surface area contributed by atoms with Gasteiger partial charge < -0.3 is 26.6 Å². The first kappa shape index (κ1) is 32.2. The van der Waals surface area contributed by atoms with Crippen LogP contribution in [0.25, 0.3) is 0 Å². The lowest BCUT2D eigenvalue weighted by Crippen LogP contribution is -2.60. The van der Waals surface area contributed by atoms with E-state index in [-0.39, 0.29) is 23.9 Å². The van der Waals surface area contributed by atoms with E-state index in [4.69, 9.17) is 5.73 Å². The Morgan fingerprint density at radius 1 is 1.05 bits per heavy atom. The number of amides is 5. The molecule has 5 N–H and O–H groups in total. The van der Waals surface area contributed by atoms with Gasteiger partial charge in [0.25, 0.3) is 5.91 Å². The third kappa shape index (κ3) is 8.57. The van der Waals surface area contributed by atoms with E-state index < -0.39 is 59.1 Å². The lowest BCUT2D eigenvalue weighted by molar-refractivity contribution is -0.143. The number of nitrogens with one attached hydrogen (secondary N) is 3. The van der Waals surface area contributed by atoms with Gasteiger partial charge in [-0.25, -0.2) is 9.78 Å². The van der Waals surface area contributed by atoms with Crippen molar-refractivity contribution in [2.45, 2.75) is 90.4 Å². The fourth-order valence-electron chi connectivity index (χ4n) is 4.88. The number of carbonyl (C=O) groups is 6. The predicted molar refractivity (Wildman–Crippen MR) is 153 cm³/mol. The van der Waals surface area contributed by atoms with E-state index in [1.165, 1.54) is 4.90 Å². The van der Waals surface area contributed by atoms with E-state index in [1.807, 2.05) is 0 Å². The maximum atomic E-state index is 13.8. The van der Waals surface area contributed by atoms with Crippen molar-refractivity contribution in [3.8, 4) is 0 Å². The Balaban J connectivity index is 1.71. The summed E-state index contributed by atoms with van der Waals surface area (Å²) in [5.74, 6) is -3.09. The lowest BCUT2D eigenvalue weighted by atomic mass is 9.85. The molecule has 1 aromatic rings. The number of hydrogen-bond acceptors (Lipinski definition) is 7. The normalized spacial score (nSPS) is 19.0. The highest BCUT2D eigenvalue weighted by Gasteiger charge is 2.43. The lowest BCUT2D eigenvalue weighted by Gasteiger charge is -2.36. The van der Waals surface area contributed by atoms with Gasteiger partial charge in [0.1, 0.15) is 22.4 Å². The molecule has 1 aromatic heterocycles. The van der Waals surface area contributed by atoms with Crippen LogP contribution in [0.2, 0.25) is 0 Å². The summed E-state index contributed by atoms with van der Waals surface area (Å²) in [6.45, 7) is 7.39. The minimum atomic E-state index is -1.11. The van der Waals surface area contributed by atoms with Gasteiger partial charge in [-0.05, 0) is 65.1 Å². The van der Waals surface area contributed by atoms with Crippen LogP contribution in [0.4, 0.5) is 4.79 Å². The Morgan fingerprint density at radius 2 is 1.73 bits per heavy atom. The SMILES string of the molecule is CC[C@H](NC(=O)NC(C(=O)N1CCC[C@H]1C(=O)NC(CC1CC1)C(=O)C(N)=O)C(C)(C)C)C(=O)c1cccc(Br)n1. The third-order valence-electron chi connectivity index (χ3n) is 7.37. The molecule has 1 aliphatic heterocycles. The Morgan fingerprint density at radius 3 is 2.29 bits per heavy atom. The van der Waals surface area contributed by atoms with Crippen molar-refractivity contribution >= 4 is 51.2 Å². The van der Waals surface area contributed by atoms with Crippen LogP contribution in [-0.2, 0) is 19.2 Å². The predicted octanol–water partition coefficient (Wildman–Crippen LogP) is 1.85. The highest BCUT2D eigenvalue weighted by molar-refractivity contribution is 9.10. The molecule has 1 saturated heterocycles. The van der Waals surface area contributed by atoms with Crippen molar-refractivity contribution in [1.82, 2.24) is 25.8 Å². The summed E-state index contributed by atoms with van der Waals surface area (Å²) in [5.41, 5.74) is 4.64. The number of hydrogen-bond donors (Lipinski definition) is 4. The molecule has 13 heteroatoms. The number of halogens is 1. The highest BCUT2D eigenvalue weighted by atomic mass is 79.9. The van der Waals surface area contributed by atoms with E-state index >= 15 is 0 Å². The van der Waals surface area contributed by atoms with Crippen molar-refractivity contribution in [2.24, 2.45) is 17.1 Å². The van der Waals surface area contributed by atoms with E-state index in [9.17, 15) is 28.8 Å². The summed E-state index contributed by atoms with van der Waals surface area (Å²) in [5, 5.41) is 8.02. The number of urea groups is 1. The van der Waals surface area contributed by atoms with E-state index in [1.54, 1.807) is 45.9 Å². The second-order valence-electron chi connectivity index (χ2n) is 11.7. The van der Waals surface area contributed by atoms with Gasteiger partial charge in [-0.3, -0.25) is 24.0 Å². The number of pyridine rings is 1. The molecule has 12 nitrogen and oxygen atoms in total. The first-order valence-corrected chi connectivity index (χ1v) is 14.7. The van der Waals surface area contributed by atoms with Crippen molar-refractivity contribution in [1.29, 1.82) is 0 Å². The fourth-order valence-corrected chi connectivity index (χ4v) is 5.23. The molecule has 0 radical (unpaired) electrons. The minimum absolute atomic E-state index is 0.190. The molecule has 0 bridgehead atoms. The van der Waals surface area contributed by atoms with Crippen LogP contribution in [0, 0.1) is 11.3 Å². The van der Waals surface area contributed by atoms with Gasteiger partial charge in [0.2, 0.25) is 23.4 Å². The summed E-state index contributed by atoms with van der Waals surface area (Å²) < 4.78 is 0.489. The third-order valence-corrected chi connectivity index (χ3v) is 7.81. The standard InChI is InChI=1S/C28H39BrN6O6/c1-5-16(21(36)17-8-6-10-20(29)31-17)33-27(41)34-23(28(2,3)4)26(40)35-13-7-9-19(35)25(39)32-18(14-15-11-12-15)22(37)24(30)38/h6,8,10,15-16,18-19,23H,5,7,9,11-14H2,1-4H3,(H2,30,38)(H,32,39)(H2,33,34,41)/t16-,18?,19-,23?/m0/s1. The van der Waals surface area contributed by atoms with Gasteiger partial charge in [-0.2, -0.15) is 0 Å². The average molecular weight is 636 g/mol. The van der Waals surface area contributed by atoms with Crippen LogP contribution in [0.3, 0.4) is 0 Å². The molecule has 0 aromatic carbocycles. The summed E-state index contributed by atoms with van der Waals surface area (Å²) >= 11 is 3.24. The average Bonchev–Trinajstić information content (AvgIpc) is 3.59. The number of ketones is 2. The Hall–Kier alpha value is -3.35. The van der Waals surface area contributed by atoms with Gasteiger partial charge in [-0.1, -0.05) is 46.6 Å². The summed E-state index contributed by atoms with van der Waals surface area (Å²) in [4.78, 5) is 82.5. The van der Waals surface area contributed by atoms with Crippen LogP contribution in [0.5, 0.6) is 0 Å². The molecule has 41 heavy (non-hydrogen) atoms. The molecule has 224 valence electrons. The van der Waals surface area contributed by atoms with Crippen LogP contribution in [0.15, 0.2) is 22.8 Å². The van der Waals surface area contributed by atoms with Gasteiger partial charge >= 0.3 is 6.03 Å². The summed E-state index contributed by atoms with van der Waals surface area (Å²) in [6.07, 6.45) is 3.38. The zero-order valence-corrected chi connectivity index (χ0v) is 25.5. The second kappa shape index (κ2) is 13.5. The van der Waals surface area contributed by atoms with Crippen molar-refractivity contribution in [3.05, 3.63) is 28.5 Å². The highest BCUT2D eigenvalue weighted by Crippen LogP contribution is 2.34. The van der Waals surface area contributed by atoms with Crippen molar-refractivity contribution < 1.29 is 28.8 Å². The topological polar surface area (TPSA) is 181 Å². The Bertz CT molecular complexity index is 1200. The molecule has 3 rings (SSSR count). The molecule has 2 fully saturated rings. The monoisotopic (exact) mass is 634 g/mol. The first-order valence-electron chi connectivity index (χ1n) is 13.9. The maximum absolute atomic E-state index is 13.8. The molecule has 4 atom stereocenters. The van der Waals surface area contributed by atoms with E-state index in [0.29, 0.717) is 30.3 Å². The van der Waals surface area contributed by atoms with Gasteiger partial charge in [-0.15, -0.1) is 0 Å². The Labute approximate surface area is 248 Å². The number of aromatic nitrogens is 1. The quantitative estimate of drug-likeness (QED) is 0.154. The number of carbonyl (C=O) groups excluding carboxylic acids is 6. The van der Waals surface area contributed by atoms with E-state index in [2.05, 4.69) is 36.9 Å². The van der Waals surface area contributed by atoms with Crippen LogP contribution >= 0.6 is 15.9 Å². The Kier molecular flexibility index (Phi) is 10.6. The second-order valence-corrected chi connectivity index (χ2v) is 12.6. The number of nitrogens with zero attached hydrogens (tertiary/aromatic N) is 2. The minimum Gasteiger partial charge on any atom is -0.363 e. The van der Waals surface area contributed by atoms with E-state index in [0.717, 1.165) is 12.8 Å². The number of likely N-dealkylation sites (tertiary alicyclic amines) is 1. The number of rotatable bonds is 12. The molecule has 0 spiro atoms. The van der Waals surface area contributed by atoms with Crippen LogP contribution in [-0.4, -0.2) is 75.9 Å². The molecule has 2 unspecified atom stereocenters. The number of primary amides is 1. The number of nitrogens with two attached hydrogens (primary N) is 1.